The molecular weight excluding hydrogens is 369 g/mol. The molecule has 148 valence electrons. The molecule has 28 heavy (non-hydrogen) atoms. The van der Waals surface area contributed by atoms with E-state index < -0.39 is 11.7 Å². The number of aromatic amines is 2. The zero-order valence-corrected chi connectivity index (χ0v) is 15.1. The van der Waals surface area contributed by atoms with Crippen molar-refractivity contribution in [1.82, 2.24) is 15.5 Å². The van der Waals surface area contributed by atoms with Crippen molar-refractivity contribution in [3.8, 4) is 5.75 Å². The van der Waals surface area contributed by atoms with Gasteiger partial charge in [-0.1, -0.05) is 6.08 Å². The third-order valence-electron chi connectivity index (χ3n) is 4.30. The summed E-state index contributed by atoms with van der Waals surface area (Å²) in [6.45, 7) is 1.92. The molecule has 0 aliphatic carbocycles. The van der Waals surface area contributed by atoms with E-state index >= 15 is 0 Å². The van der Waals surface area contributed by atoms with Crippen LogP contribution < -0.4 is 10.6 Å². The summed E-state index contributed by atoms with van der Waals surface area (Å²) >= 11 is 0. The average molecular weight is 390 g/mol. The summed E-state index contributed by atoms with van der Waals surface area (Å²) < 4.78 is 37.9. The van der Waals surface area contributed by atoms with Crippen molar-refractivity contribution >= 4 is 5.69 Å². The highest BCUT2D eigenvalue weighted by Crippen LogP contribution is 2.30. The smallest absolute Gasteiger partial charge is 0.416 e. The van der Waals surface area contributed by atoms with Crippen LogP contribution in [-0.2, 0) is 12.6 Å². The van der Waals surface area contributed by atoms with Gasteiger partial charge in [0.15, 0.2) is 0 Å². The van der Waals surface area contributed by atoms with Crippen molar-refractivity contribution in [2.24, 2.45) is 0 Å². The SMILES string of the molecule is Cc1cc(O)c[nH][nH]cc1CC1=CNC(Nc2ccc(C(F)(F)F)cc2)C=C1. The minimum absolute atomic E-state index is 0.127. The number of alkyl halides is 3. The zero-order valence-electron chi connectivity index (χ0n) is 15.1. The highest BCUT2D eigenvalue weighted by atomic mass is 19.4. The van der Waals surface area contributed by atoms with E-state index in [1.807, 2.05) is 31.5 Å². The quantitative estimate of drug-likeness (QED) is 0.533. The van der Waals surface area contributed by atoms with Gasteiger partial charge in [-0.05, 0) is 60.0 Å². The first-order chi connectivity index (χ1) is 13.3. The normalized spacial score (nSPS) is 16.1. The monoisotopic (exact) mass is 390 g/mol. The van der Waals surface area contributed by atoms with Crippen molar-refractivity contribution in [3.63, 3.8) is 0 Å². The van der Waals surface area contributed by atoms with E-state index in [9.17, 15) is 18.3 Å². The second-order valence-corrected chi connectivity index (χ2v) is 6.47. The molecule has 0 bridgehead atoms. The van der Waals surface area contributed by atoms with Crippen molar-refractivity contribution < 1.29 is 18.3 Å². The third kappa shape index (κ3) is 5.12. The van der Waals surface area contributed by atoms with Crippen LogP contribution in [0.5, 0.6) is 5.75 Å². The van der Waals surface area contributed by atoms with Gasteiger partial charge in [-0.15, -0.1) is 0 Å². The number of rotatable bonds is 4. The van der Waals surface area contributed by atoms with Gasteiger partial charge in [-0.25, -0.2) is 0 Å². The van der Waals surface area contributed by atoms with Gasteiger partial charge in [-0.2, -0.15) is 13.2 Å². The maximum absolute atomic E-state index is 12.6. The van der Waals surface area contributed by atoms with Crippen LogP contribution in [-0.4, -0.2) is 21.5 Å². The topological polar surface area (TPSA) is 75.9 Å². The van der Waals surface area contributed by atoms with E-state index in [1.165, 1.54) is 18.3 Å². The first-order valence-electron chi connectivity index (χ1n) is 8.66. The molecule has 0 amide bonds. The van der Waals surface area contributed by atoms with E-state index in [0.717, 1.165) is 28.8 Å². The van der Waals surface area contributed by atoms with E-state index in [2.05, 4.69) is 20.8 Å². The van der Waals surface area contributed by atoms with Gasteiger partial charge in [0.2, 0.25) is 0 Å². The summed E-state index contributed by atoms with van der Waals surface area (Å²) in [5, 5.41) is 21.6. The summed E-state index contributed by atoms with van der Waals surface area (Å²) in [6.07, 6.45) is 5.07. The molecular formula is C20H21F3N4O. The molecule has 5 N–H and O–H groups in total. The Morgan fingerprint density at radius 3 is 2.46 bits per heavy atom. The highest BCUT2D eigenvalue weighted by molar-refractivity contribution is 5.47. The molecule has 1 aromatic carbocycles. The summed E-state index contributed by atoms with van der Waals surface area (Å²) in [6, 6.07) is 6.59. The Kier molecular flexibility index (Phi) is 5.67. The number of nitrogens with one attached hydrogen (secondary N) is 4. The van der Waals surface area contributed by atoms with E-state index in [4.69, 9.17) is 0 Å². The van der Waals surface area contributed by atoms with Crippen LogP contribution in [0.3, 0.4) is 0 Å². The van der Waals surface area contributed by atoms with Gasteiger partial charge >= 0.3 is 6.18 Å². The lowest BCUT2D eigenvalue weighted by atomic mass is 10.0. The van der Waals surface area contributed by atoms with Gasteiger partial charge < -0.3 is 25.9 Å². The minimum atomic E-state index is -4.34. The molecule has 1 atom stereocenters. The van der Waals surface area contributed by atoms with Crippen molar-refractivity contribution in [2.75, 3.05) is 5.32 Å². The maximum Gasteiger partial charge on any atom is 0.416 e. The predicted octanol–water partition coefficient (Wildman–Crippen LogP) is 4.52. The number of halogens is 3. The molecule has 1 unspecified atom stereocenters. The summed E-state index contributed by atoms with van der Waals surface area (Å²) in [5.74, 6) is 0.127. The lowest BCUT2D eigenvalue weighted by molar-refractivity contribution is -0.137. The van der Waals surface area contributed by atoms with Crippen LogP contribution in [0.1, 0.15) is 16.7 Å². The van der Waals surface area contributed by atoms with Gasteiger partial charge in [0.25, 0.3) is 0 Å². The standard InChI is InChI=1S/C20H21F3N4O/c1-13-8-18(28)12-26-25-11-15(13)9-14-2-7-19(24-10-14)27-17-5-3-16(4-6-17)20(21,22)23/h2-8,10-12,19,24-28H,9H2,1H3. The Hall–Kier alpha value is -3.29. The average Bonchev–Trinajstić information content (AvgIpc) is 2.64. The maximum atomic E-state index is 12.6. The Balaban J connectivity index is 1.63. The molecule has 0 fully saturated rings. The second kappa shape index (κ2) is 8.16. The molecule has 1 aliphatic rings. The number of H-pyrrole nitrogens is 2. The zero-order chi connectivity index (χ0) is 20.1. The van der Waals surface area contributed by atoms with Gasteiger partial charge in [0, 0.05) is 24.5 Å². The number of hydrogen-bond acceptors (Lipinski definition) is 3. The fourth-order valence-corrected chi connectivity index (χ4v) is 2.78. The highest BCUT2D eigenvalue weighted by Gasteiger charge is 2.29. The summed E-state index contributed by atoms with van der Waals surface area (Å²) in [4.78, 5) is 0. The van der Waals surface area contributed by atoms with Crippen molar-refractivity contribution in [2.45, 2.75) is 25.7 Å². The van der Waals surface area contributed by atoms with Gasteiger partial charge in [0.05, 0.1) is 11.8 Å². The molecule has 2 heterocycles. The Labute approximate surface area is 160 Å². The lowest BCUT2D eigenvalue weighted by Crippen LogP contribution is -2.32. The summed E-state index contributed by atoms with van der Waals surface area (Å²) in [5.41, 5.74) is 2.87. The number of dihydropyridines is 1. The molecule has 0 saturated heterocycles. The second-order valence-electron chi connectivity index (χ2n) is 6.47. The number of allylic oxidation sites excluding steroid dienone is 2. The number of aromatic nitrogens is 2. The predicted molar refractivity (Wildman–Crippen MR) is 102 cm³/mol. The van der Waals surface area contributed by atoms with E-state index in [1.54, 1.807) is 6.07 Å². The Bertz CT molecular complexity index is 922. The van der Waals surface area contributed by atoms with Crippen LogP contribution in [0.4, 0.5) is 18.9 Å². The largest absolute Gasteiger partial charge is 0.506 e. The van der Waals surface area contributed by atoms with Crippen LogP contribution in [0, 0.1) is 6.92 Å². The van der Waals surface area contributed by atoms with Crippen molar-refractivity contribution in [1.29, 1.82) is 0 Å². The first kappa shape index (κ1) is 19.5. The van der Waals surface area contributed by atoms with Gasteiger partial charge in [-0.3, -0.25) is 0 Å². The van der Waals surface area contributed by atoms with Crippen LogP contribution >= 0.6 is 0 Å². The van der Waals surface area contributed by atoms with E-state index in [0.29, 0.717) is 12.1 Å². The number of aromatic hydroxyl groups is 1. The number of hydrogen-bond donors (Lipinski definition) is 5. The summed E-state index contributed by atoms with van der Waals surface area (Å²) in [7, 11) is 0. The third-order valence-corrected chi connectivity index (χ3v) is 4.30. The van der Waals surface area contributed by atoms with Crippen LogP contribution in [0.15, 0.2) is 66.7 Å². The van der Waals surface area contributed by atoms with Crippen LogP contribution in [0.2, 0.25) is 0 Å². The molecule has 0 spiro atoms. The number of aryl methyl sites for hydroxylation is 1. The Morgan fingerprint density at radius 2 is 1.82 bits per heavy atom. The number of benzene rings is 1. The Morgan fingerprint density at radius 1 is 1.11 bits per heavy atom. The minimum Gasteiger partial charge on any atom is -0.506 e. The molecule has 1 aromatic heterocycles. The molecule has 2 aromatic rings. The number of anilines is 1. The van der Waals surface area contributed by atoms with Gasteiger partial charge in [0.1, 0.15) is 11.9 Å². The molecule has 1 aliphatic heterocycles. The molecule has 0 radical (unpaired) electrons. The first-order valence-corrected chi connectivity index (χ1v) is 8.66. The van der Waals surface area contributed by atoms with Crippen molar-refractivity contribution in [3.05, 3.63) is 83.3 Å². The molecule has 5 nitrogen and oxygen atoms in total. The molecule has 3 rings (SSSR count). The van der Waals surface area contributed by atoms with Crippen LogP contribution in [0.25, 0.3) is 0 Å². The molecule has 0 saturated carbocycles. The fourth-order valence-electron chi connectivity index (χ4n) is 2.78. The molecule has 8 heteroatoms. The fraction of sp³-hybridized carbons (Fsp3) is 0.200. The van der Waals surface area contributed by atoms with E-state index in [-0.39, 0.29) is 11.9 Å². The lowest BCUT2D eigenvalue weighted by Gasteiger charge is -2.21.